The number of aliphatic carboxylic acids is 1. The maximum Gasteiger partial charge on any atom is 0.425 e. The van der Waals surface area contributed by atoms with E-state index in [2.05, 4.69) is 4.98 Å². The predicted octanol–water partition coefficient (Wildman–Crippen LogP) is 7.75. The van der Waals surface area contributed by atoms with Gasteiger partial charge < -0.3 is 19.6 Å². The van der Waals surface area contributed by atoms with Gasteiger partial charge in [-0.3, -0.25) is 19.4 Å². The van der Waals surface area contributed by atoms with E-state index in [0.29, 0.717) is 35.0 Å². The Bertz CT molecular complexity index is 1730. The average molecular weight is 730 g/mol. The lowest BCUT2D eigenvalue weighted by Gasteiger charge is -2.51. The zero-order chi connectivity index (χ0) is 36.4. The number of halogens is 7. The standard InChI is InChI=1S/C34H34F7N3O5S/c1-2-6-26-32(49-24-17-27(50-19-24)34(39,40)41,12-5-14-43(26)30(47)29-25(33(36,37)38)8-4-13-42-29)31(48)44-18-20-10-11-22(35)15-21(20)16-23(44)7-3-9-28(45)46/h4,8,10-11,13,15,17,19,23,26H,2-3,5-7,9,12,14,16,18H2,1H3,(H,45,46)/t23-,26+,32-/m0/s1. The van der Waals surface area contributed by atoms with Crippen LogP contribution in [0.5, 0.6) is 5.75 Å². The van der Waals surface area contributed by atoms with Gasteiger partial charge in [0, 0.05) is 49.6 Å². The number of carboxylic acid groups (broad SMARTS) is 1. The van der Waals surface area contributed by atoms with Gasteiger partial charge in [0.25, 0.3) is 11.8 Å². The molecule has 3 aromatic rings. The maximum absolute atomic E-state index is 15.1. The Kier molecular flexibility index (Phi) is 10.8. The number of thiophene rings is 1. The number of carbonyl (C=O) groups excluding carboxylic acids is 2. The van der Waals surface area contributed by atoms with Gasteiger partial charge in [0.15, 0.2) is 0 Å². The van der Waals surface area contributed by atoms with Crippen LogP contribution in [0.3, 0.4) is 0 Å². The fourth-order valence-corrected chi connectivity index (χ4v) is 7.60. The van der Waals surface area contributed by atoms with Crippen LogP contribution in [0.15, 0.2) is 48.0 Å². The summed E-state index contributed by atoms with van der Waals surface area (Å²) in [5.41, 5.74) is -3.06. The van der Waals surface area contributed by atoms with Gasteiger partial charge in [0.2, 0.25) is 5.60 Å². The van der Waals surface area contributed by atoms with Crippen LogP contribution in [0.25, 0.3) is 0 Å². The van der Waals surface area contributed by atoms with Crippen molar-refractivity contribution >= 4 is 29.1 Å². The number of hydrogen-bond acceptors (Lipinski definition) is 6. The number of carboxylic acids is 1. The molecule has 2 aliphatic heterocycles. The van der Waals surface area contributed by atoms with Gasteiger partial charge in [-0.25, -0.2) is 4.39 Å². The van der Waals surface area contributed by atoms with Crippen LogP contribution in [0.2, 0.25) is 0 Å². The monoisotopic (exact) mass is 729 g/mol. The van der Waals surface area contributed by atoms with E-state index < -0.39 is 69.8 Å². The lowest BCUT2D eigenvalue weighted by molar-refractivity contribution is -0.163. The largest absolute Gasteiger partial charge is 0.481 e. The molecule has 1 saturated heterocycles. The van der Waals surface area contributed by atoms with E-state index >= 15 is 4.79 Å². The number of rotatable bonds is 10. The summed E-state index contributed by atoms with van der Waals surface area (Å²) in [6.45, 7) is 1.55. The number of pyridine rings is 1. The quantitative estimate of drug-likeness (QED) is 0.214. The number of alkyl halides is 6. The molecule has 270 valence electrons. The smallest absolute Gasteiger partial charge is 0.425 e. The minimum Gasteiger partial charge on any atom is -0.481 e. The molecular weight excluding hydrogens is 695 g/mol. The van der Waals surface area contributed by atoms with Gasteiger partial charge in [0.1, 0.15) is 22.1 Å². The van der Waals surface area contributed by atoms with Crippen molar-refractivity contribution in [3.63, 3.8) is 0 Å². The van der Waals surface area contributed by atoms with Crippen molar-refractivity contribution in [1.29, 1.82) is 0 Å². The summed E-state index contributed by atoms with van der Waals surface area (Å²) in [5, 5.41) is 10.4. The molecule has 0 aliphatic carbocycles. The number of aromatic nitrogens is 1. The number of nitrogens with zero attached hydrogens (tertiary/aromatic N) is 3. The van der Waals surface area contributed by atoms with Crippen LogP contribution < -0.4 is 4.74 Å². The summed E-state index contributed by atoms with van der Waals surface area (Å²) in [4.78, 5) is 45.8. The molecule has 3 atom stereocenters. The SMILES string of the molecule is CCC[C@H]1N(C(=O)c2ncccc2C(F)(F)F)CCC[C@@]1(Oc1csc(C(F)(F)F)c1)C(=O)N1Cc2ccc(F)cc2C[C@@H]1CCCC(=O)O. The summed E-state index contributed by atoms with van der Waals surface area (Å²) in [6, 6.07) is 4.60. The Labute approximate surface area is 286 Å². The molecule has 5 rings (SSSR count). The maximum atomic E-state index is 15.1. The van der Waals surface area contributed by atoms with E-state index in [4.69, 9.17) is 4.74 Å². The normalized spacial score (nSPS) is 21.1. The second-order valence-electron chi connectivity index (χ2n) is 12.4. The minimum absolute atomic E-state index is 0.0290. The molecule has 2 aliphatic rings. The molecule has 8 nitrogen and oxygen atoms in total. The van der Waals surface area contributed by atoms with Crippen molar-refractivity contribution in [3.05, 3.63) is 81.1 Å². The van der Waals surface area contributed by atoms with Gasteiger partial charge in [0.05, 0.1) is 11.6 Å². The summed E-state index contributed by atoms with van der Waals surface area (Å²) >= 11 is 0.339. The third-order valence-electron chi connectivity index (χ3n) is 9.11. The Morgan fingerprint density at radius 3 is 2.46 bits per heavy atom. The van der Waals surface area contributed by atoms with Crippen LogP contribution in [0, 0.1) is 5.82 Å². The Morgan fingerprint density at radius 2 is 1.80 bits per heavy atom. The van der Waals surface area contributed by atoms with Crippen molar-refractivity contribution in [3.8, 4) is 5.75 Å². The molecule has 1 N–H and O–H groups in total. The van der Waals surface area contributed by atoms with E-state index in [1.807, 2.05) is 0 Å². The lowest BCUT2D eigenvalue weighted by atomic mass is 9.78. The van der Waals surface area contributed by atoms with E-state index in [-0.39, 0.29) is 63.8 Å². The zero-order valence-corrected chi connectivity index (χ0v) is 27.6. The molecule has 0 radical (unpaired) electrons. The Balaban J connectivity index is 1.63. The van der Waals surface area contributed by atoms with Crippen LogP contribution in [-0.2, 0) is 34.9 Å². The molecule has 0 unspecified atom stereocenters. The fraction of sp³-hybridized carbons (Fsp3) is 0.471. The molecule has 4 heterocycles. The molecule has 2 aromatic heterocycles. The Hall–Kier alpha value is -4.21. The summed E-state index contributed by atoms with van der Waals surface area (Å²) < 4.78 is 104. The zero-order valence-electron chi connectivity index (χ0n) is 26.8. The molecule has 0 bridgehead atoms. The number of carbonyl (C=O) groups is 3. The number of ether oxygens (including phenoxy) is 1. The average Bonchev–Trinajstić information content (AvgIpc) is 3.53. The highest BCUT2D eigenvalue weighted by Gasteiger charge is 2.57. The first-order valence-electron chi connectivity index (χ1n) is 16.0. The fourth-order valence-electron chi connectivity index (χ4n) is 6.92. The molecule has 0 saturated carbocycles. The topological polar surface area (TPSA) is 100 Å². The van der Waals surface area contributed by atoms with Gasteiger partial charge in [-0.2, -0.15) is 26.3 Å². The number of hydrogen-bond donors (Lipinski definition) is 1. The lowest BCUT2D eigenvalue weighted by Crippen LogP contribution is -2.69. The minimum atomic E-state index is -4.94. The van der Waals surface area contributed by atoms with Gasteiger partial charge in [-0.1, -0.05) is 19.4 Å². The third-order valence-corrected chi connectivity index (χ3v) is 10.1. The molecule has 1 aromatic carbocycles. The van der Waals surface area contributed by atoms with Crippen LogP contribution in [-0.4, -0.2) is 61.9 Å². The first-order valence-corrected chi connectivity index (χ1v) is 16.9. The van der Waals surface area contributed by atoms with E-state index in [0.717, 1.165) is 28.6 Å². The molecule has 50 heavy (non-hydrogen) atoms. The highest BCUT2D eigenvalue weighted by molar-refractivity contribution is 7.10. The van der Waals surface area contributed by atoms with Crippen LogP contribution in [0.4, 0.5) is 30.7 Å². The number of likely N-dealkylation sites (tertiary alicyclic amines) is 1. The van der Waals surface area contributed by atoms with Crippen molar-refractivity contribution in [2.75, 3.05) is 6.54 Å². The molecule has 16 heteroatoms. The second-order valence-corrected chi connectivity index (χ2v) is 13.3. The number of amides is 2. The van der Waals surface area contributed by atoms with Crippen LogP contribution in [0.1, 0.15) is 83.9 Å². The van der Waals surface area contributed by atoms with Crippen molar-refractivity contribution < 1.29 is 55.0 Å². The molecular formula is C34H34F7N3O5S. The number of fused-ring (bicyclic) bond motifs is 1. The number of piperidine rings is 1. The highest BCUT2D eigenvalue weighted by Crippen LogP contribution is 2.43. The van der Waals surface area contributed by atoms with Gasteiger partial charge >= 0.3 is 18.3 Å². The van der Waals surface area contributed by atoms with Crippen LogP contribution >= 0.6 is 11.3 Å². The summed E-state index contributed by atoms with van der Waals surface area (Å²) in [7, 11) is 0. The van der Waals surface area contributed by atoms with Gasteiger partial charge in [-0.15, -0.1) is 11.3 Å². The van der Waals surface area contributed by atoms with Crippen molar-refractivity contribution in [1.82, 2.24) is 14.8 Å². The number of benzene rings is 1. The van der Waals surface area contributed by atoms with E-state index in [1.165, 1.54) is 23.1 Å². The first kappa shape index (κ1) is 37.1. The first-order chi connectivity index (χ1) is 23.5. The Morgan fingerprint density at radius 1 is 1.04 bits per heavy atom. The van der Waals surface area contributed by atoms with E-state index in [1.54, 1.807) is 6.92 Å². The highest BCUT2D eigenvalue weighted by atomic mass is 32.1. The molecule has 2 amide bonds. The van der Waals surface area contributed by atoms with E-state index in [9.17, 15) is 45.4 Å². The predicted molar refractivity (Wildman–Crippen MR) is 167 cm³/mol. The van der Waals surface area contributed by atoms with Gasteiger partial charge in [-0.05, 0) is 67.5 Å². The molecule has 1 fully saturated rings. The second kappa shape index (κ2) is 14.6. The van der Waals surface area contributed by atoms with Crippen molar-refractivity contribution in [2.45, 2.75) is 94.9 Å². The summed E-state index contributed by atoms with van der Waals surface area (Å²) in [5.74, 6) is -3.72. The molecule has 0 spiro atoms. The van der Waals surface area contributed by atoms with Crippen molar-refractivity contribution in [2.24, 2.45) is 0 Å². The summed E-state index contributed by atoms with van der Waals surface area (Å²) in [6.07, 6.45) is -8.12. The third kappa shape index (κ3) is 7.74.